The number of halogens is 4. The zero-order chi connectivity index (χ0) is 30.9. The Hall–Kier alpha value is -3.54. The molecule has 4 atom stereocenters. The van der Waals surface area contributed by atoms with Gasteiger partial charge < -0.3 is 28.7 Å². The molecule has 4 heterocycles. The van der Waals surface area contributed by atoms with Crippen LogP contribution in [0.2, 0.25) is 0 Å². The van der Waals surface area contributed by atoms with E-state index in [2.05, 4.69) is 15.2 Å². The first-order valence-corrected chi connectivity index (χ1v) is 14.2. The number of oxazole rings is 1. The summed E-state index contributed by atoms with van der Waals surface area (Å²) in [4.78, 5) is 31.3. The number of aliphatic hydroxyl groups is 2. The molecule has 0 amide bonds. The molecule has 230 valence electrons. The fourth-order valence-electron chi connectivity index (χ4n) is 5.93. The van der Waals surface area contributed by atoms with Crippen molar-refractivity contribution in [1.82, 2.24) is 24.6 Å². The molecule has 4 unspecified atom stereocenters. The lowest BCUT2D eigenvalue weighted by molar-refractivity contribution is -0.290. The molecule has 1 aromatic carbocycles. The number of hydrogen-bond acceptors (Lipinski definition) is 12. The maximum atomic E-state index is 15.3. The Morgan fingerprint density at radius 2 is 1.84 bits per heavy atom. The molecular formula is C26H25F4N5O7S. The Morgan fingerprint density at radius 1 is 1.14 bits per heavy atom. The smallest absolute Gasteiger partial charge is 0.416 e. The maximum Gasteiger partial charge on any atom is 0.416 e. The SMILES string of the molecule is Cc1nc(-c2nnc(SCCCN3CC4CC4(c4ccc(C(F)(F)F)cc4F)C34OC(=O)C(O)C(O)C(=O)O4)n2C)co1. The van der Waals surface area contributed by atoms with Gasteiger partial charge >= 0.3 is 24.0 Å². The number of piperidine rings is 1. The molecule has 1 aliphatic carbocycles. The second-order valence-electron chi connectivity index (χ2n) is 10.6. The fraction of sp³-hybridized carbons (Fsp3) is 0.500. The molecular weight excluding hydrogens is 602 g/mol. The predicted octanol–water partition coefficient (Wildman–Crippen LogP) is 2.17. The number of aliphatic hydroxyl groups excluding tert-OH is 2. The van der Waals surface area contributed by atoms with Crippen LogP contribution in [0, 0.1) is 18.7 Å². The lowest BCUT2D eigenvalue weighted by atomic mass is 9.89. The number of esters is 2. The van der Waals surface area contributed by atoms with Crippen LogP contribution in [0.15, 0.2) is 34.0 Å². The van der Waals surface area contributed by atoms with Gasteiger partial charge in [0.1, 0.15) is 17.8 Å². The van der Waals surface area contributed by atoms with E-state index in [1.807, 2.05) is 0 Å². The third-order valence-electron chi connectivity index (χ3n) is 8.05. The van der Waals surface area contributed by atoms with Crippen LogP contribution < -0.4 is 0 Å². The average Bonchev–Trinajstić information content (AvgIpc) is 3.20. The molecule has 1 saturated carbocycles. The van der Waals surface area contributed by atoms with E-state index < -0.39 is 58.9 Å². The number of carbonyl (C=O) groups is 2. The summed E-state index contributed by atoms with van der Waals surface area (Å²) >= 11 is 1.35. The number of likely N-dealkylation sites (tertiary alicyclic amines) is 1. The second-order valence-corrected chi connectivity index (χ2v) is 11.7. The number of hydrogen-bond donors (Lipinski definition) is 2. The first kappa shape index (κ1) is 29.5. The Kier molecular flexibility index (Phi) is 7.06. The van der Waals surface area contributed by atoms with Crippen molar-refractivity contribution in [2.75, 3.05) is 18.8 Å². The van der Waals surface area contributed by atoms with E-state index in [-0.39, 0.29) is 25.1 Å². The molecule has 2 saturated heterocycles. The normalized spacial score (nSPS) is 29.0. The third kappa shape index (κ3) is 4.69. The van der Waals surface area contributed by atoms with Crippen molar-refractivity contribution in [3.63, 3.8) is 0 Å². The summed E-state index contributed by atoms with van der Waals surface area (Å²) in [5, 5.41) is 29.2. The molecule has 0 radical (unpaired) electrons. The zero-order valence-corrected chi connectivity index (χ0v) is 23.5. The zero-order valence-electron chi connectivity index (χ0n) is 22.7. The van der Waals surface area contributed by atoms with Gasteiger partial charge in [0.05, 0.1) is 11.0 Å². The van der Waals surface area contributed by atoms with E-state index in [1.165, 1.54) is 22.9 Å². The van der Waals surface area contributed by atoms with Gasteiger partial charge in [0.2, 0.25) is 0 Å². The lowest BCUT2D eigenvalue weighted by Crippen LogP contribution is -2.59. The van der Waals surface area contributed by atoms with Crippen LogP contribution in [0.25, 0.3) is 11.5 Å². The largest absolute Gasteiger partial charge is 0.449 e. The highest BCUT2D eigenvalue weighted by atomic mass is 32.2. The van der Waals surface area contributed by atoms with Crippen molar-refractivity contribution < 1.29 is 51.3 Å². The summed E-state index contributed by atoms with van der Waals surface area (Å²) in [6, 6.07) is 1.99. The van der Waals surface area contributed by atoms with Crippen molar-refractivity contribution in [3.8, 4) is 11.5 Å². The summed E-state index contributed by atoms with van der Waals surface area (Å²) in [5.41, 5.74) is -2.49. The standard InChI is InChI=1S/C26H25F4N5O7S/c1-12-31-17(11-40-12)20-32-33-23(34(20)2)43-7-3-6-35-10-14-9-24(14,15-5-4-13(8-16(15)27)25(28,29)30)26(35)41-21(38)18(36)19(37)22(39)42-26/h4-5,8,11,14,18-19,36-37H,3,6-7,9-10H2,1-2H3. The number of alkyl halides is 3. The summed E-state index contributed by atoms with van der Waals surface area (Å²) in [5.74, 6) is -5.34. The number of ether oxygens (including phenoxy) is 2. The number of benzene rings is 1. The minimum Gasteiger partial charge on any atom is -0.449 e. The van der Waals surface area contributed by atoms with Gasteiger partial charge in [-0.05, 0) is 30.9 Å². The van der Waals surface area contributed by atoms with Gasteiger partial charge in [0.25, 0.3) is 0 Å². The van der Waals surface area contributed by atoms with Gasteiger partial charge in [0.15, 0.2) is 29.1 Å². The number of aryl methyl sites for hydroxylation is 1. The monoisotopic (exact) mass is 627 g/mol. The summed E-state index contributed by atoms with van der Waals surface area (Å²) in [6.45, 7) is 1.97. The van der Waals surface area contributed by atoms with Gasteiger partial charge in [-0.25, -0.2) is 23.9 Å². The predicted molar refractivity (Wildman–Crippen MR) is 136 cm³/mol. The van der Waals surface area contributed by atoms with E-state index >= 15 is 4.39 Å². The highest BCUT2D eigenvalue weighted by Crippen LogP contribution is 2.69. The molecule has 6 rings (SSSR count). The topological polar surface area (TPSA) is 153 Å². The summed E-state index contributed by atoms with van der Waals surface area (Å²) < 4.78 is 73.2. The molecule has 12 nitrogen and oxygen atoms in total. The number of nitrogens with zero attached hydrogens (tertiary/aromatic N) is 5. The van der Waals surface area contributed by atoms with Crippen molar-refractivity contribution in [1.29, 1.82) is 0 Å². The van der Waals surface area contributed by atoms with Gasteiger partial charge in [-0.2, -0.15) is 13.2 Å². The first-order valence-electron chi connectivity index (χ1n) is 13.2. The second kappa shape index (κ2) is 10.3. The Morgan fingerprint density at radius 3 is 2.44 bits per heavy atom. The van der Waals surface area contributed by atoms with Gasteiger partial charge in [-0.3, -0.25) is 0 Å². The van der Waals surface area contributed by atoms with Crippen molar-refractivity contribution in [3.05, 3.63) is 47.3 Å². The Balaban J connectivity index is 1.26. The first-order chi connectivity index (χ1) is 20.3. The number of thioether (sulfide) groups is 1. The lowest BCUT2D eigenvalue weighted by Gasteiger charge is -2.42. The van der Waals surface area contributed by atoms with Crippen molar-refractivity contribution >= 4 is 23.7 Å². The van der Waals surface area contributed by atoms with E-state index in [0.717, 1.165) is 6.07 Å². The van der Waals surface area contributed by atoms with Crippen molar-refractivity contribution in [2.45, 2.75) is 54.6 Å². The van der Waals surface area contributed by atoms with Crippen LogP contribution in [0.5, 0.6) is 0 Å². The quantitative estimate of drug-likeness (QED) is 0.171. The molecule has 1 spiro atoms. The summed E-state index contributed by atoms with van der Waals surface area (Å²) in [6.07, 6.45) is -7.35. The van der Waals surface area contributed by atoms with Gasteiger partial charge in [0, 0.05) is 38.4 Å². The van der Waals surface area contributed by atoms with Gasteiger partial charge in [-0.1, -0.05) is 17.8 Å². The highest BCUT2D eigenvalue weighted by molar-refractivity contribution is 7.99. The third-order valence-corrected chi connectivity index (χ3v) is 9.16. The molecule has 3 aliphatic rings. The number of aromatic nitrogens is 4. The Labute approximate surface area is 245 Å². The van der Waals surface area contributed by atoms with E-state index in [9.17, 15) is 33.0 Å². The molecule has 43 heavy (non-hydrogen) atoms. The van der Waals surface area contributed by atoms with Crippen molar-refractivity contribution in [2.24, 2.45) is 13.0 Å². The highest BCUT2D eigenvalue weighted by Gasteiger charge is 2.81. The number of fused-ring (bicyclic) bond motifs is 2. The van der Waals surface area contributed by atoms with Crippen LogP contribution in [0.4, 0.5) is 17.6 Å². The maximum absolute atomic E-state index is 15.3. The van der Waals surface area contributed by atoms with Crippen LogP contribution >= 0.6 is 11.8 Å². The molecule has 2 N–H and O–H groups in total. The van der Waals surface area contributed by atoms with Crippen LogP contribution in [-0.4, -0.2) is 83.8 Å². The van der Waals surface area contributed by atoms with E-state index in [4.69, 9.17) is 13.9 Å². The van der Waals surface area contributed by atoms with Crippen LogP contribution in [0.3, 0.4) is 0 Å². The number of rotatable bonds is 7. The minimum atomic E-state index is -4.80. The molecule has 17 heteroatoms. The molecule has 0 bridgehead atoms. The van der Waals surface area contributed by atoms with E-state index in [1.54, 1.807) is 18.5 Å². The minimum absolute atomic E-state index is 0.122. The fourth-order valence-corrected chi connectivity index (χ4v) is 6.76. The number of carbonyl (C=O) groups excluding carboxylic acids is 2. The molecule has 2 aliphatic heterocycles. The van der Waals surface area contributed by atoms with E-state index in [0.29, 0.717) is 46.9 Å². The van der Waals surface area contributed by atoms with Crippen LogP contribution in [0.1, 0.15) is 29.9 Å². The van der Waals surface area contributed by atoms with Gasteiger partial charge in [-0.15, -0.1) is 10.2 Å². The molecule has 2 aromatic heterocycles. The Bertz CT molecular complexity index is 1570. The van der Waals surface area contributed by atoms with Crippen LogP contribution in [-0.2, 0) is 37.7 Å². The molecule has 3 fully saturated rings. The average molecular weight is 628 g/mol. The molecule has 3 aromatic rings. The summed E-state index contributed by atoms with van der Waals surface area (Å²) in [7, 11) is 1.76.